The lowest BCUT2D eigenvalue weighted by Crippen LogP contribution is -2.33. The molecule has 0 spiro atoms. The lowest BCUT2D eigenvalue weighted by Gasteiger charge is -2.16. The number of hydrogen-bond acceptors (Lipinski definition) is 14. The van der Waals surface area contributed by atoms with Gasteiger partial charge in [-0.3, -0.25) is 23.2 Å². The zero-order chi connectivity index (χ0) is 36.9. The van der Waals surface area contributed by atoms with Crippen LogP contribution in [0.15, 0.2) is 103 Å². The summed E-state index contributed by atoms with van der Waals surface area (Å²) in [7, 11) is -18.5. The number of hydrogen-bond donors (Lipinski definition) is 5. The Morgan fingerprint density at radius 3 is 1.78 bits per heavy atom. The largest absolute Gasteiger partial charge is 0.506 e. The van der Waals surface area contributed by atoms with Gasteiger partial charge in [0.2, 0.25) is 0 Å². The smallest absolute Gasteiger partial charge is 0.425 e. The van der Waals surface area contributed by atoms with Crippen molar-refractivity contribution >= 4 is 79.8 Å². The van der Waals surface area contributed by atoms with Crippen molar-refractivity contribution in [2.45, 2.75) is 14.7 Å². The summed E-state index contributed by atoms with van der Waals surface area (Å²) in [6.45, 7) is 0. The fourth-order valence-corrected chi connectivity index (χ4v) is 7.22. The van der Waals surface area contributed by atoms with Gasteiger partial charge in [-0.15, -0.1) is 12.6 Å². The van der Waals surface area contributed by atoms with E-state index in [0.29, 0.717) is 12.1 Å². The maximum atomic E-state index is 14.1. The second-order valence-corrected chi connectivity index (χ2v) is 14.8. The summed E-state index contributed by atoms with van der Waals surface area (Å²) in [6.07, 6.45) is 0. The maximum Gasteiger partial charge on any atom is 0.425 e. The van der Waals surface area contributed by atoms with E-state index >= 15 is 0 Å². The molecule has 0 amide bonds. The zero-order valence-corrected chi connectivity index (χ0v) is 27.6. The molecule has 0 aromatic heterocycles. The lowest BCUT2D eigenvalue weighted by atomic mass is 9.96. The average Bonchev–Trinajstić information content (AvgIpc) is 3.02. The Bertz CT molecular complexity index is 3080. The van der Waals surface area contributed by atoms with E-state index < -0.39 is 94.5 Å². The summed E-state index contributed by atoms with van der Waals surface area (Å²) in [4.78, 5) is 28.5. The van der Waals surface area contributed by atoms with Crippen LogP contribution in [0.3, 0.4) is 0 Å². The highest BCUT2D eigenvalue weighted by Crippen LogP contribution is 2.34. The van der Waals surface area contributed by atoms with E-state index in [1.807, 2.05) is 0 Å². The second-order valence-electron chi connectivity index (χ2n) is 10.2. The average molecular weight is 763 g/mol. The minimum Gasteiger partial charge on any atom is -0.506 e. The van der Waals surface area contributed by atoms with E-state index in [1.54, 1.807) is 18.2 Å². The Morgan fingerprint density at radius 1 is 0.660 bits per heavy atom. The van der Waals surface area contributed by atoms with Crippen molar-refractivity contribution < 1.29 is 56.6 Å². The molecule has 258 valence electrons. The van der Waals surface area contributed by atoms with Gasteiger partial charge >= 0.3 is 10.6 Å². The molecule has 5 N–H and O–H groups in total. The molecular formula is C29H18N2O15S4. The van der Waals surface area contributed by atoms with E-state index in [-0.39, 0.29) is 32.2 Å². The van der Waals surface area contributed by atoms with Gasteiger partial charge in [0.05, 0.1) is 32.4 Å². The van der Waals surface area contributed by atoms with E-state index in [1.165, 1.54) is 36.4 Å². The summed E-state index contributed by atoms with van der Waals surface area (Å²) >= 11 is 0. The van der Waals surface area contributed by atoms with Gasteiger partial charge < -0.3 is 10.4 Å². The van der Waals surface area contributed by atoms with Crippen LogP contribution in [0.2, 0.25) is 0 Å². The topological polar surface area (TPSA) is 294 Å². The van der Waals surface area contributed by atoms with Crippen molar-refractivity contribution in [3.8, 4) is 0 Å². The highest BCUT2D eigenvalue weighted by Gasteiger charge is 2.27. The number of benzene rings is 4. The molecular weight excluding hydrogens is 745 g/mol. The molecule has 0 bridgehead atoms. The molecule has 0 saturated heterocycles. The Balaban J connectivity index is 0.00000115. The predicted molar refractivity (Wildman–Crippen MR) is 174 cm³/mol. The van der Waals surface area contributed by atoms with Crippen LogP contribution in [0.25, 0.3) is 27.4 Å². The molecule has 6 rings (SSSR count). The van der Waals surface area contributed by atoms with Gasteiger partial charge in [-0.2, -0.15) is 25.3 Å². The maximum absolute atomic E-state index is 14.1. The molecule has 21 heteroatoms. The number of aromatic nitrogens is 1. The predicted octanol–water partition coefficient (Wildman–Crippen LogP) is 1.18. The number of aliphatic hydroxyl groups is 1. The highest BCUT2D eigenvalue weighted by atomic mass is 32.2. The number of nitrogens with zero attached hydrogens (tertiary/aromatic N) is 1. The molecule has 2 aliphatic rings. The van der Waals surface area contributed by atoms with Gasteiger partial charge in [-0.1, -0.05) is 54.6 Å². The first-order valence-corrected chi connectivity index (χ1v) is 18.6. The fraction of sp³-hybridized carbons (Fsp3) is 0. The summed E-state index contributed by atoms with van der Waals surface area (Å²) in [5, 5.41) is 12.8. The SMILES string of the molecule is O=S(=O)=O.O=c1nc2c(S(=O)(=O)O)cc(Nc3ccc(S(=O)(=O)O)cc3S(=O)(=O)O)c3c2=c(c1=C(O)c1ccccc1)c1ccccc1c3=O. The summed E-state index contributed by atoms with van der Waals surface area (Å²) in [5.41, 5.74) is -3.38. The lowest BCUT2D eigenvalue weighted by molar-refractivity contribution is 0.479. The molecule has 0 fully saturated rings. The van der Waals surface area contributed by atoms with Crippen LogP contribution in [0.4, 0.5) is 11.4 Å². The third-order valence-electron chi connectivity index (χ3n) is 7.22. The normalized spacial score (nSPS) is 12.8. The van der Waals surface area contributed by atoms with Crippen molar-refractivity contribution in [1.29, 1.82) is 0 Å². The minimum atomic E-state index is -5.23. The Morgan fingerprint density at radius 2 is 1.22 bits per heavy atom. The molecule has 50 heavy (non-hydrogen) atoms. The standard InChI is InChI=1S/C29H18N2O12S3.O3S/c32-27(14-6-2-1-3-7-14)25-22-16-8-4-5-9-17(16)28(33)23-19(13-21(46(41,42)43)26(24(22)23)31-29(25)34)30-18-11-10-15(44(35,36)37)12-20(18)45(38,39)40;1-4(2)3/h1-13,30,32H,(H,35,36,37)(H,38,39,40)(H,41,42,43);. The summed E-state index contributed by atoms with van der Waals surface area (Å²) in [6, 6.07) is 16.4. The van der Waals surface area contributed by atoms with Crippen LogP contribution in [0.5, 0.6) is 0 Å². The number of rotatable bonds is 6. The van der Waals surface area contributed by atoms with Crippen LogP contribution in [0.1, 0.15) is 5.56 Å². The number of fused-ring (bicyclic) bond motifs is 2. The monoisotopic (exact) mass is 762 g/mol. The van der Waals surface area contributed by atoms with Gasteiger partial charge in [-0.25, -0.2) is 4.98 Å². The molecule has 1 aliphatic carbocycles. The van der Waals surface area contributed by atoms with Crippen molar-refractivity contribution in [2.24, 2.45) is 0 Å². The first-order chi connectivity index (χ1) is 23.2. The van der Waals surface area contributed by atoms with Gasteiger partial charge in [0, 0.05) is 21.4 Å². The van der Waals surface area contributed by atoms with Gasteiger partial charge in [0.1, 0.15) is 15.6 Å². The van der Waals surface area contributed by atoms with Crippen LogP contribution >= 0.6 is 0 Å². The first kappa shape index (κ1) is 35.9. The van der Waals surface area contributed by atoms with E-state index in [2.05, 4.69) is 10.3 Å². The van der Waals surface area contributed by atoms with Crippen molar-refractivity contribution in [3.05, 3.63) is 121 Å². The third kappa shape index (κ3) is 6.73. The Hall–Kier alpha value is -5.42. The first-order valence-electron chi connectivity index (χ1n) is 13.3. The van der Waals surface area contributed by atoms with Crippen molar-refractivity contribution in [3.63, 3.8) is 0 Å². The Kier molecular flexibility index (Phi) is 9.18. The van der Waals surface area contributed by atoms with Crippen LogP contribution < -0.4 is 21.5 Å². The van der Waals surface area contributed by atoms with E-state index in [0.717, 1.165) is 12.1 Å². The van der Waals surface area contributed by atoms with Gasteiger partial charge in [-0.05, 0) is 29.7 Å². The zero-order valence-electron chi connectivity index (χ0n) is 24.4. The molecule has 0 saturated carbocycles. The fourth-order valence-electron chi connectivity index (χ4n) is 5.31. The molecule has 0 radical (unpaired) electrons. The number of anilines is 2. The molecule has 1 heterocycles. The summed E-state index contributed by atoms with van der Waals surface area (Å²) in [5.74, 6) is -0.564. The minimum absolute atomic E-state index is 0.0107. The quantitative estimate of drug-likeness (QED) is 0.149. The highest BCUT2D eigenvalue weighted by molar-refractivity contribution is 7.87. The molecule has 0 atom stereocenters. The number of nitrogens with one attached hydrogen (secondary N) is 1. The van der Waals surface area contributed by atoms with Gasteiger partial charge in [0.15, 0.2) is 5.43 Å². The van der Waals surface area contributed by atoms with Crippen molar-refractivity contribution in [1.82, 2.24) is 4.98 Å². The molecule has 17 nitrogen and oxygen atoms in total. The third-order valence-corrected chi connectivity index (χ3v) is 9.83. The van der Waals surface area contributed by atoms with Crippen molar-refractivity contribution in [2.75, 3.05) is 5.32 Å². The van der Waals surface area contributed by atoms with Gasteiger partial charge in [0.25, 0.3) is 35.9 Å². The van der Waals surface area contributed by atoms with Crippen LogP contribution in [-0.2, 0) is 41.0 Å². The second kappa shape index (κ2) is 12.8. The number of aliphatic hydroxyl groups excluding tert-OH is 1. The molecule has 4 aromatic carbocycles. The van der Waals surface area contributed by atoms with E-state index in [4.69, 9.17) is 12.6 Å². The van der Waals surface area contributed by atoms with E-state index in [9.17, 15) is 53.6 Å². The van der Waals surface area contributed by atoms with Crippen LogP contribution in [0, 0.1) is 10.4 Å². The van der Waals surface area contributed by atoms with Crippen LogP contribution in [-0.4, -0.2) is 61.6 Å². The summed E-state index contributed by atoms with van der Waals surface area (Å²) < 4.78 is 128. The molecule has 0 unspecified atom stereocenters. The molecule has 4 aromatic rings. The Labute approximate surface area is 281 Å². The molecule has 1 aliphatic heterocycles.